The van der Waals surface area contributed by atoms with Crippen molar-refractivity contribution in [1.29, 1.82) is 0 Å². The van der Waals surface area contributed by atoms with Crippen molar-refractivity contribution in [3.8, 4) is 0 Å². The first-order valence-electron chi connectivity index (χ1n) is 6.11. The molecule has 0 aliphatic carbocycles. The molecule has 1 saturated heterocycles. The standard InChI is InChI=1S/C12H23ClN2O2/c1-10-9-15(8-7-14(10)6-5-13)11(16)17-12(2,3)4/h10H,5-9H2,1-4H3/t10-/m0/s1. The zero-order valence-electron chi connectivity index (χ0n) is 11.2. The Morgan fingerprint density at radius 1 is 1.41 bits per heavy atom. The normalized spacial score (nSPS) is 22.6. The monoisotopic (exact) mass is 262 g/mol. The number of amides is 1. The number of hydrogen-bond donors (Lipinski definition) is 0. The zero-order valence-corrected chi connectivity index (χ0v) is 12.0. The number of hydrogen-bond acceptors (Lipinski definition) is 3. The summed E-state index contributed by atoms with van der Waals surface area (Å²) >= 11 is 5.74. The molecule has 0 unspecified atom stereocenters. The predicted molar refractivity (Wildman–Crippen MR) is 69.6 cm³/mol. The minimum absolute atomic E-state index is 0.213. The van der Waals surface area contributed by atoms with Gasteiger partial charge in [0.1, 0.15) is 5.60 Å². The summed E-state index contributed by atoms with van der Waals surface area (Å²) in [5.74, 6) is 0.636. The minimum Gasteiger partial charge on any atom is -0.444 e. The molecule has 0 aromatic rings. The van der Waals surface area contributed by atoms with E-state index in [0.717, 1.165) is 19.6 Å². The van der Waals surface area contributed by atoms with E-state index in [-0.39, 0.29) is 6.09 Å². The van der Waals surface area contributed by atoms with E-state index in [1.807, 2.05) is 20.8 Å². The zero-order chi connectivity index (χ0) is 13.1. The number of alkyl halides is 1. The van der Waals surface area contributed by atoms with Gasteiger partial charge in [-0.1, -0.05) is 0 Å². The van der Waals surface area contributed by atoms with Crippen molar-refractivity contribution in [3.05, 3.63) is 0 Å². The van der Waals surface area contributed by atoms with Crippen molar-refractivity contribution < 1.29 is 9.53 Å². The van der Waals surface area contributed by atoms with E-state index in [4.69, 9.17) is 16.3 Å². The lowest BCUT2D eigenvalue weighted by Crippen LogP contribution is -2.54. The largest absolute Gasteiger partial charge is 0.444 e. The molecule has 1 aliphatic heterocycles. The summed E-state index contributed by atoms with van der Waals surface area (Å²) in [6.07, 6.45) is -0.213. The van der Waals surface area contributed by atoms with Crippen LogP contribution in [0.4, 0.5) is 4.79 Å². The van der Waals surface area contributed by atoms with Crippen molar-refractivity contribution >= 4 is 17.7 Å². The van der Waals surface area contributed by atoms with Crippen LogP contribution in [0.15, 0.2) is 0 Å². The summed E-state index contributed by atoms with van der Waals surface area (Å²) < 4.78 is 5.36. The Balaban J connectivity index is 2.46. The van der Waals surface area contributed by atoms with Gasteiger partial charge in [-0.15, -0.1) is 11.6 Å². The van der Waals surface area contributed by atoms with Crippen LogP contribution in [-0.4, -0.2) is 59.6 Å². The van der Waals surface area contributed by atoms with Gasteiger partial charge >= 0.3 is 6.09 Å². The van der Waals surface area contributed by atoms with E-state index in [2.05, 4.69) is 11.8 Å². The average molecular weight is 263 g/mol. The van der Waals surface area contributed by atoms with Gasteiger partial charge in [-0.3, -0.25) is 4.90 Å². The Morgan fingerprint density at radius 2 is 2.06 bits per heavy atom. The van der Waals surface area contributed by atoms with Gasteiger partial charge < -0.3 is 9.64 Å². The first-order valence-corrected chi connectivity index (χ1v) is 6.65. The minimum atomic E-state index is -0.423. The maximum Gasteiger partial charge on any atom is 0.410 e. The Morgan fingerprint density at radius 3 is 2.53 bits per heavy atom. The van der Waals surface area contributed by atoms with Gasteiger partial charge in [0, 0.05) is 38.1 Å². The number of carbonyl (C=O) groups is 1. The van der Waals surface area contributed by atoms with Gasteiger partial charge in [0.2, 0.25) is 0 Å². The van der Waals surface area contributed by atoms with Gasteiger partial charge in [-0.25, -0.2) is 4.79 Å². The highest BCUT2D eigenvalue weighted by Gasteiger charge is 2.29. The Bertz CT molecular complexity index is 266. The van der Waals surface area contributed by atoms with E-state index in [1.54, 1.807) is 4.90 Å². The second-order valence-electron chi connectivity index (χ2n) is 5.50. The molecule has 1 fully saturated rings. The van der Waals surface area contributed by atoms with Crippen molar-refractivity contribution in [3.63, 3.8) is 0 Å². The molecule has 5 heteroatoms. The summed E-state index contributed by atoms with van der Waals surface area (Å²) in [7, 11) is 0. The van der Waals surface area contributed by atoms with Gasteiger partial charge in [-0.2, -0.15) is 0 Å². The topological polar surface area (TPSA) is 32.8 Å². The van der Waals surface area contributed by atoms with Gasteiger partial charge in [-0.05, 0) is 27.7 Å². The van der Waals surface area contributed by atoms with Crippen LogP contribution in [0.3, 0.4) is 0 Å². The summed E-state index contributed by atoms with van der Waals surface area (Å²) in [5, 5.41) is 0. The molecule has 0 radical (unpaired) electrons. The molecule has 0 aromatic heterocycles. The van der Waals surface area contributed by atoms with Crippen LogP contribution in [0.2, 0.25) is 0 Å². The molecule has 4 nitrogen and oxygen atoms in total. The number of halogens is 1. The third-order valence-electron chi connectivity index (χ3n) is 2.79. The number of ether oxygens (including phenoxy) is 1. The first-order chi connectivity index (χ1) is 7.83. The van der Waals surface area contributed by atoms with Crippen LogP contribution in [0.5, 0.6) is 0 Å². The molecule has 100 valence electrons. The second kappa shape index (κ2) is 5.91. The van der Waals surface area contributed by atoms with Crippen molar-refractivity contribution in [2.45, 2.75) is 39.3 Å². The molecule has 1 aliphatic rings. The Labute approximate surface area is 109 Å². The lowest BCUT2D eigenvalue weighted by molar-refractivity contribution is 0.00669. The fraction of sp³-hybridized carbons (Fsp3) is 0.917. The Hall–Kier alpha value is -0.480. The van der Waals surface area contributed by atoms with Crippen LogP contribution in [0.1, 0.15) is 27.7 Å². The molecule has 1 amide bonds. The van der Waals surface area contributed by atoms with E-state index in [1.165, 1.54) is 0 Å². The lowest BCUT2D eigenvalue weighted by Gasteiger charge is -2.39. The number of rotatable bonds is 2. The van der Waals surface area contributed by atoms with Crippen LogP contribution in [0.25, 0.3) is 0 Å². The fourth-order valence-corrected chi connectivity index (χ4v) is 2.15. The molecule has 0 saturated carbocycles. The van der Waals surface area contributed by atoms with Gasteiger partial charge in [0.05, 0.1) is 0 Å². The molecule has 0 spiro atoms. The van der Waals surface area contributed by atoms with E-state index < -0.39 is 5.60 Å². The fourth-order valence-electron chi connectivity index (χ4n) is 1.93. The van der Waals surface area contributed by atoms with Crippen LogP contribution in [-0.2, 0) is 4.74 Å². The van der Waals surface area contributed by atoms with Crippen molar-refractivity contribution in [2.24, 2.45) is 0 Å². The van der Waals surface area contributed by atoms with Gasteiger partial charge in [0.25, 0.3) is 0 Å². The van der Waals surface area contributed by atoms with Gasteiger partial charge in [0.15, 0.2) is 0 Å². The summed E-state index contributed by atoms with van der Waals surface area (Å²) in [6.45, 7) is 11.0. The number of nitrogens with zero attached hydrogens (tertiary/aromatic N) is 2. The maximum atomic E-state index is 11.9. The molecule has 0 N–H and O–H groups in total. The first kappa shape index (κ1) is 14.6. The Kier molecular flexibility index (Phi) is 5.07. The van der Waals surface area contributed by atoms with E-state index >= 15 is 0 Å². The van der Waals surface area contributed by atoms with E-state index in [0.29, 0.717) is 18.5 Å². The molecule has 0 aromatic carbocycles. The molecule has 1 heterocycles. The van der Waals surface area contributed by atoms with Crippen molar-refractivity contribution in [1.82, 2.24) is 9.80 Å². The highest BCUT2D eigenvalue weighted by atomic mass is 35.5. The number of piperazine rings is 1. The highest BCUT2D eigenvalue weighted by molar-refractivity contribution is 6.18. The lowest BCUT2D eigenvalue weighted by atomic mass is 10.2. The molecular weight excluding hydrogens is 240 g/mol. The molecule has 17 heavy (non-hydrogen) atoms. The highest BCUT2D eigenvalue weighted by Crippen LogP contribution is 2.14. The molecule has 0 bridgehead atoms. The third-order valence-corrected chi connectivity index (χ3v) is 2.96. The summed E-state index contributed by atoms with van der Waals surface area (Å²) in [6, 6.07) is 0.343. The third kappa shape index (κ3) is 4.72. The average Bonchev–Trinajstić information content (AvgIpc) is 2.18. The van der Waals surface area contributed by atoms with E-state index in [9.17, 15) is 4.79 Å². The van der Waals surface area contributed by atoms with Crippen LogP contribution < -0.4 is 0 Å². The van der Waals surface area contributed by atoms with Crippen LogP contribution >= 0.6 is 11.6 Å². The second-order valence-corrected chi connectivity index (χ2v) is 5.88. The molecule has 1 rings (SSSR count). The molecule has 1 atom stereocenters. The smallest absolute Gasteiger partial charge is 0.410 e. The SMILES string of the molecule is C[C@H]1CN(C(=O)OC(C)(C)C)CCN1CCCl. The summed E-state index contributed by atoms with van der Waals surface area (Å²) in [5.41, 5.74) is -0.423. The number of carbonyl (C=O) groups excluding carboxylic acids is 1. The summed E-state index contributed by atoms with van der Waals surface area (Å²) in [4.78, 5) is 16.0. The van der Waals surface area contributed by atoms with Crippen molar-refractivity contribution in [2.75, 3.05) is 32.1 Å². The predicted octanol–water partition coefficient (Wildman–Crippen LogP) is 2.17. The quantitative estimate of drug-likeness (QED) is 0.715. The van der Waals surface area contributed by atoms with Crippen LogP contribution in [0, 0.1) is 0 Å². The molecular formula is C12H23ClN2O2. The maximum absolute atomic E-state index is 11.9.